The number of rotatable bonds is 4. The molecule has 0 spiro atoms. The van der Waals surface area contributed by atoms with Gasteiger partial charge in [-0.1, -0.05) is 31.7 Å². The van der Waals surface area contributed by atoms with Crippen LogP contribution in [-0.2, 0) is 6.54 Å². The molecule has 0 aliphatic heterocycles. The molecule has 2 rings (SSSR count). The molecule has 0 amide bonds. The van der Waals surface area contributed by atoms with Gasteiger partial charge < -0.3 is 16.0 Å². The number of halogens is 1. The van der Waals surface area contributed by atoms with Gasteiger partial charge in [-0.15, -0.1) is 0 Å². The second-order valence-corrected chi connectivity index (χ2v) is 6.21. The van der Waals surface area contributed by atoms with Crippen LogP contribution in [0, 0.1) is 5.82 Å². The zero-order chi connectivity index (χ0) is 15.9. The lowest BCUT2D eigenvalue weighted by molar-refractivity contribution is 0.530. The van der Waals surface area contributed by atoms with Crippen LogP contribution in [0.2, 0.25) is 0 Å². The fraction of sp³-hybridized carbons (Fsp3) is 0.588. The number of guanidine groups is 1. The van der Waals surface area contributed by atoms with Crippen molar-refractivity contribution < 1.29 is 4.39 Å². The van der Waals surface area contributed by atoms with Crippen LogP contribution in [0.5, 0.6) is 0 Å². The predicted octanol–water partition coefficient (Wildman–Crippen LogP) is 3.02. The van der Waals surface area contributed by atoms with Crippen molar-refractivity contribution in [2.24, 2.45) is 10.7 Å². The number of aliphatic imine (C=N–C) groups is 1. The van der Waals surface area contributed by atoms with Crippen LogP contribution in [0.25, 0.3) is 0 Å². The molecule has 1 fully saturated rings. The summed E-state index contributed by atoms with van der Waals surface area (Å²) in [6.45, 7) is 0.399. The zero-order valence-corrected chi connectivity index (χ0v) is 13.6. The van der Waals surface area contributed by atoms with Gasteiger partial charge >= 0.3 is 0 Å². The molecule has 22 heavy (non-hydrogen) atoms. The summed E-state index contributed by atoms with van der Waals surface area (Å²) in [5, 5.41) is 3.30. The average Bonchev–Trinajstić information content (AvgIpc) is 2.73. The monoisotopic (exact) mass is 306 g/mol. The van der Waals surface area contributed by atoms with Crippen LogP contribution in [0.3, 0.4) is 0 Å². The van der Waals surface area contributed by atoms with Crippen LogP contribution in [0.4, 0.5) is 10.1 Å². The maximum absolute atomic E-state index is 13.9. The topological polar surface area (TPSA) is 53.6 Å². The first kappa shape index (κ1) is 16.6. The maximum Gasteiger partial charge on any atom is 0.189 e. The number of anilines is 1. The average molecular weight is 306 g/mol. The summed E-state index contributed by atoms with van der Waals surface area (Å²) in [6.07, 6.45) is 7.44. The van der Waals surface area contributed by atoms with Crippen molar-refractivity contribution in [1.82, 2.24) is 5.32 Å². The maximum atomic E-state index is 13.9. The highest BCUT2D eigenvalue weighted by atomic mass is 19.1. The van der Waals surface area contributed by atoms with E-state index in [0.29, 0.717) is 24.2 Å². The summed E-state index contributed by atoms with van der Waals surface area (Å²) in [7, 11) is 3.65. The highest BCUT2D eigenvalue weighted by Gasteiger charge is 2.12. The molecule has 1 aromatic carbocycles. The van der Waals surface area contributed by atoms with Crippen molar-refractivity contribution in [3.63, 3.8) is 0 Å². The molecule has 1 saturated carbocycles. The molecular formula is C17H27FN4. The van der Waals surface area contributed by atoms with Crippen molar-refractivity contribution in [2.45, 2.75) is 51.1 Å². The Morgan fingerprint density at radius 2 is 1.95 bits per heavy atom. The molecule has 0 aromatic heterocycles. The second kappa shape index (κ2) is 8.01. The first-order valence-corrected chi connectivity index (χ1v) is 8.08. The van der Waals surface area contributed by atoms with Crippen molar-refractivity contribution >= 4 is 11.6 Å². The molecule has 0 atom stereocenters. The minimum Gasteiger partial charge on any atom is -0.375 e. The fourth-order valence-corrected chi connectivity index (χ4v) is 2.87. The highest BCUT2D eigenvalue weighted by molar-refractivity contribution is 5.78. The van der Waals surface area contributed by atoms with Crippen molar-refractivity contribution in [3.05, 3.63) is 29.6 Å². The van der Waals surface area contributed by atoms with Crippen LogP contribution in [-0.4, -0.2) is 26.1 Å². The smallest absolute Gasteiger partial charge is 0.189 e. The van der Waals surface area contributed by atoms with E-state index in [-0.39, 0.29) is 5.82 Å². The summed E-state index contributed by atoms with van der Waals surface area (Å²) in [6, 6.07) is 5.62. The minimum atomic E-state index is -0.229. The van der Waals surface area contributed by atoms with E-state index in [1.165, 1.54) is 31.7 Å². The number of nitrogens with two attached hydrogens (primary N) is 1. The van der Waals surface area contributed by atoms with Crippen LogP contribution >= 0.6 is 0 Å². The number of nitrogens with one attached hydrogen (secondary N) is 1. The molecule has 1 aliphatic rings. The molecule has 3 N–H and O–H groups in total. The Morgan fingerprint density at radius 3 is 2.55 bits per heavy atom. The summed E-state index contributed by atoms with van der Waals surface area (Å²) >= 11 is 0. The number of hydrogen-bond donors (Lipinski definition) is 2. The van der Waals surface area contributed by atoms with Gasteiger partial charge in [-0.3, -0.25) is 0 Å². The molecule has 4 nitrogen and oxygen atoms in total. The SMILES string of the molecule is CN(C)c1ccc(CN=C(N)NC2CCCCCC2)cc1F. The molecule has 0 unspecified atom stereocenters. The lowest BCUT2D eigenvalue weighted by Crippen LogP contribution is -2.39. The van der Waals surface area contributed by atoms with Gasteiger partial charge in [0.05, 0.1) is 12.2 Å². The van der Waals surface area contributed by atoms with E-state index in [9.17, 15) is 4.39 Å². The molecular weight excluding hydrogens is 279 g/mol. The third-order valence-electron chi connectivity index (χ3n) is 4.13. The molecule has 122 valence electrons. The Bertz CT molecular complexity index is 505. The van der Waals surface area contributed by atoms with E-state index >= 15 is 0 Å². The molecule has 0 bridgehead atoms. The molecule has 0 heterocycles. The Morgan fingerprint density at radius 1 is 1.27 bits per heavy atom. The Kier molecular flexibility index (Phi) is 6.04. The summed E-state index contributed by atoms with van der Waals surface area (Å²) in [5.74, 6) is 0.233. The van der Waals surface area contributed by atoms with E-state index in [1.807, 2.05) is 20.2 Å². The first-order valence-electron chi connectivity index (χ1n) is 8.08. The minimum absolute atomic E-state index is 0.229. The van der Waals surface area contributed by atoms with Gasteiger partial charge in [0.15, 0.2) is 5.96 Å². The molecule has 1 aromatic rings. The van der Waals surface area contributed by atoms with Crippen molar-refractivity contribution in [2.75, 3.05) is 19.0 Å². The lowest BCUT2D eigenvalue weighted by Gasteiger charge is -2.17. The van der Waals surface area contributed by atoms with Gasteiger partial charge in [0.25, 0.3) is 0 Å². The highest BCUT2D eigenvalue weighted by Crippen LogP contribution is 2.19. The van der Waals surface area contributed by atoms with Crippen molar-refractivity contribution in [1.29, 1.82) is 0 Å². The van der Waals surface area contributed by atoms with Crippen LogP contribution in [0.1, 0.15) is 44.1 Å². The summed E-state index contributed by atoms with van der Waals surface area (Å²) < 4.78 is 13.9. The number of hydrogen-bond acceptors (Lipinski definition) is 2. The van der Waals surface area contributed by atoms with Gasteiger partial charge in [-0.25, -0.2) is 9.38 Å². The standard InChI is InChI=1S/C17H27FN4/c1-22(2)16-10-9-13(11-15(16)18)12-20-17(19)21-14-7-5-3-4-6-8-14/h9-11,14H,3-8,12H2,1-2H3,(H3,19,20,21). The molecule has 0 radical (unpaired) electrons. The van der Waals surface area contributed by atoms with Gasteiger partial charge in [0, 0.05) is 20.1 Å². The van der Waals surface area contributed by atoms with Crippen LogP contribution < -0.4 is 16.0 Å². The van der Waals surface area contributed by atoms with Gasteiger partial charge in [-0.05, 0) is 30.5 Å². The number of nitrogens with zero attached hydrogens (tertiary/aromatic N) is 2. The summed E-state index contributed by atoms with van der Waals surface area (Å²) in [4.78, 5) is 6.09. The van der Waals surface area contributed by atoms with Gasteiger partial charge in [0.1, 0.15) is 5.82 Å². The Balaban J connectivity index is 1.91. The van der Waals surface area contributed by atoms with E-state index < -0.39 is 0 Å². The van der Waals surface area contributed by atoms with E-state index in [4.69, 9.17) is 5.73 Å². The number of benzene rings is 1. The van der Waals surface area contributed by atoms with Gasteiger partial charge in [-0.2, -0.15) is 0 Å². The first-order chi connectivity index (χ1) is 10.6. The zero-order valence-electron chi connectivity index (χ0n) is 13.6. The van der Waals surface area contributed by atoms with E-state index in [0.717, 1.165) is 18.4 Å². The fourth-order valence-electron chi connectivity index (χ4n) is 2.87. The Hall–Kier alpha value is -1.78. The normalized spacial score (nSPS) is 17.1. The summed E-state index contributed by atoms with van der Waals surface area (Å²) in [5.41, 5.74) is 7.36. The Labute approximate surface area is 132 Å². The molecule has 5 heteroatoms. The van der Waals surface area contributed by atoms with Crippen molar-refractivity contribution in [3.8, 4) is 0 Å². The second-order valence-electron chi connectivity index (χ2n) is 6.21. The third-order valence-corrected chi connectivity index (χ3v) is 4.13. The van der Waals surface area contributed by atoms with Gasteiger partial charge in [0.2, 0.25) is 0 Å². The largest absolute Gasteiger partial charge is 0.375 e. The lowest BCUT2D eigenvalue weighted by atomic mass is 10.1. The van der Waals surface area contributed by atoms with Crippen LogP contribution in [0.15, 0.2) is 23.2 Å². The van der Waals surface area contributed by atoms with E-state index in [1.54, 1.807) is 11.0 Å². The third kappa shape index (κ3) is 4.90. The predicted molar refractivity (Wildman–Crippen MR) is 90.7 cm³/mol. The quantitative estimate of drug-likeness (QED) is 0.511. The van der Waals surface area contributed by atoms with E-state index in [2.05, 4.69) is 10.3 Å². The molecule has 0 saturated heterocycles. The molecule has 1 aliphatic carbocycles.